The molecular formula is C39H42ClN3O6. The van der Waals surface area contributed by atoms with Gasteiger partial charge in [-0.25, -0.2) is 0 Å². The summed E-state index contributed by atoms with van der Waals surface area (Å²) in [4.78, 5) is 57.0. The van der Waals surface area contributed by atoms with Gasteiger partial charge in [0.05, 0.1) is 12.0 Å². The van der Waals surface area contributed by atoms with Crippen molar-refractivity contribution in [1.29, 1.82) is 0 Å². The highest BCUT2D eigenvalue weighted by Gasteiger charge is 2.32. The van der Waals surface area contributed by atoms with Gasteiger partial charge in [-0.3, -0.25) is 19.2 Å². The van der Waals surface area contributed by atoms with Crippen molar-refractivity contribution in [2.75, 3.05) is 26.2 Å². The molecule has 2 saturated heterocycles. The molecular weight excluding hydrogens is 642 g/mol. The Morgan fingerprint density at radius 3 is 2.51 bits per heavy atom. The van der Waals surface area contributed by atoms with E-state index in [-0.39, 0.29) is 40.9 Å². The average Bonchev–Trinajstić information content (AvgIpc) is 3.12. The second kappa shape index (κ2) is 15.7. The Morgan fingerprint density at radius 1 is 0.980 bits per heavy atom. The third-order valence-electron chi connectivity index (χ3n) is 9.44. The number of ether oxygens (including phenoxy) is 1. The topological polar surface area (TPSA) is 109 Å². The van der Waals surface area contributed by atoms with Gasteiger partial charge in [0, 0.05) is 50.1 Å². The van der Waals surface area contributed by atoms with E-state index < -0.39 is 11.9 Å². The first-order valence-electron chi connectivity index (χ1n) is 17.2. The van der Waals surface area contributed by atoms with Crippen LogP contribution in [-0.4, -0.2) is 59.8 Å². The van der Waals surface area contributed by atoms with Crippen LogP contribution in [0.5, 0.6) is 5.75 Å². The highest BCUT2D eigenvalue weighted by atomic mass is 35.5. The van der Waals surface area contributed by atoms with Crippen LogP contribution in [0.25, 0.3) is 11.0 Å². The zero-order valence-electron chi connectivity index (χ0n) is 27.8. The summed E-state index contributed by atoms with van der Waals surface area (Å²) >= 11 is 6.12. The summed E-state index contributed by atoms with van der Waals surface area (Å²) in [6, 6.07) is 20.7. The Bertz CT molecular complexity index is 1870. The number of carbonyl (C=O) groups excluding carboxylic acids is 3. The first-order chi connectivity index (χ1) is 23.8. The molecule has 1 N–H and O–H groups in total. The average molecular weight is 684 g/mol. The van der Waals surface area contributed by atoms with Crippen molar-refractivity contribution in [3.63, 3.8) is 0 Å². The minimum absolute atomic E-state index is 0.170. The van der Waals surface area contributed by atoms with E-state index in [9.17, 15) is 19.2 Å². The van der Waals surface area contributed by atoms with E-state index in [1.165, 1.54) is 5.56 Å². The molecule has 0 spiro atoms. The number of likely N-dealkylation sites (tertiary alicyclic amines) is 2. The van der Waals surface area contributed by atoms with Crippen molar-refractivity contribution in [2.24, 2.45) is 0 Å². The molecule has 1 atom stereocenters. The number of nitrogens with zero attached hydrogens (tertiary/aromatic N) is 2. The van der Waals surface area contributed by atoms with Gasteiger partial charge < -0.3 is 24.3 Å². The number of piperidine rings is 2. The molecule has 0 bridgehead atoms. The zero-order chi connectivity index (χ0) is 34.3. The third kappa shape index (κ3) is 8.33. The minimum Gasteiger partial charge on any atom is -0.494 e. The SMILES string of the molecule is CCCOc1ccc2oc(C(=O)N[C@H](Cc3ccc(Cl)cc3)C(=O)N3CCC(c4ccccc4CN4CCCCC4=O)CC3)cc(=O)c2c1. The van der Waals surface area contributed by atoms with Crippen LogP contribution in [0.3, 0.4) is 0 Å². The first kappa shape index (κ1) is 34.2. The molecule has 0 aliphatic carbocycles. The monoisotopic (exact) mass is 683 g/mol. The number of fused-ring (bicyclic) bond motifs is 1. The van der Waals surface area contributed by atoms with E-state index in [0.717, 1.165) is 55.8 Å². The molecule has 2 fully saturated rings. The van der Waals surface area contributed by atoms with Crippen molar-refractivity contribution < 1.29 is 23.5 Å². The summed E-state index contributed by atoms with van der Waals surface area (Å²) in [5, 5.41) is 3.75. The molecule has 9 nitrogen and oxygen atoms in total. The van der Waals surface area contributed by atoms with Crippen LogP contribution in [0, 0.1) is 0 Å². The number of benzene rings is 3. The van der Waals surface area contributed by atoms with E-state index in [0.29, 0.717) is 48.8 Å². The van der Waals surface area contributed by atoms with Crippen LogP contribution >= 0.6 is 11.6 Å². The molecule has 3 aromatic carbocycles. The fraction of sp³-hybridized carbons (Fsp3) is 0.385. The van der Waals surface area contributed by atoms with Crippen LogP contribution in [0.4, 0.5) is 0 Å². The normalized spacial score (nSPS) is 16.1. The third-order valence-corrected chi connectivity index (χ3v) is 9.69. The molecule has 0 saturated carbocycles. The maximum atomic E-state index is 14.1. The highest BCUT2D eigenvalue weighted by molar-refractivity contribution is 6.30. The van der Waals surface area contributed by atoms with Crippen molar-refractivity contribution in [1.82, 2.24) is 15.1 Å². The largest absolute Gasteiger partial charge is 0.494 e. The molecule has 49 heavy (non-hydrogen) atoms. The quantitative estimate of drug-likeness (QED) is 0.194. The number of hydrogen-bond acceptors (Lipinski definition) is 6. The molecule has 6 rings (SSSR count). The molecule has 10 heteroatoms. The summed E-state index contributed by atoms with van der Waals surface area (Å²) < 4.78 is 11.5. The summed E-state index contributed by atoms with van der Waals surface area (Å²) in [7, 11) is 0. The molecule has 2 aliphatic rings. The smallest absolute Gasteiger partial charge is 0.287 e. The lowest BCUT2D eigenvalue weighted by Gasteiger charge is -2.36. The number of rotatable bonds is 11. The standard InChI is InChI=1S/C39H42ClN3O6/c1-2-21-48-30-14-15-35-32(23-30)34(44)24-36(49-35)38(46)41-33(22-26-10-12-29(40)13-11-26)39(47)42-19-16-27(17-20-42)31-8-4-3-7-28(31)25-43-18-6-5-9-37(43)45/h3-4,7-8,10-15,23-24,27,33H,2,5-6,9,16-22,25H2,1H3,(H,41,46)/t33-/m1/s1. The van der Waals surface area contributed by atoms with Crippen molar-refractivity contribution in [2.45, 2.75) is 70.4 Å². The lowest BCUT2D eigenvalue weighted by atomic mass is 9.86. The Kier molecular flexibility index (Phi) is 11.0. The maximum Gasteiger partial charge on any atom is 0.287 e. The van der Waals surface area contributed by atoms with Gasteiger partial charge in [0.1, 0.15) is 17.4 Å². The minimum atomic E-state index is -0.895. The van der Waals surface area contributed by atoms with Gasteiger partial charge in [0.15, 0.2) is 11.2 Å². The van der Waals surface area contributed by atoms with Crippen LogP contribution in [-0.2, 0) is 22.6 Å². The van der Waals surface area contributed by atoms with Crippen LogP contribution in [0.2, 0.25) is 5.02 Å². The first-order valence-corrected chi connectivity index (χ1v) is 17.6. The van der Waals surface area contributed by atoms with Gasteiger partial charge in [-0.15, -0.1) is 0 Å². The molecule has 1 aromatic heterocycles. The lowest BCUT2D eigenvalue weighted by molar-refractivity contribution is -0.135. The van der Waals surface area contributed by atoms with Crippen LogP contribution in [0.1, 0.15) is 78.6 Å². The van der Waals surface area contributed by atoms with E-state index in [2.05, 4.69) is 17.4 Å². The molecule has 3 heterocycles. The second-order valence-electron chi connectivity index (χ2n) is 12.9. The zero-order valence-corrected chi connectivity index (χ0v) is 28.5. The van der Waals surface area contributed by atoms with Gasteiger partial charge in [0.25, 0.3) is 5.91 Å². The van der Waals surface area contributed by atoms with Gasteiger partial charge >= 0.3 is 0 Å². The number of amides is 3. The number of halogens is 1. The van der Waals surface area contributed by atoms with E-state index in [1.807, 2.05) is 41.0 Å². The van der Waals surface area contributed by atoms with Crippen molar-refractivity contribution in [3.05, 3.63) is 110 Å². The van der Waals surface area contributed by atoms with Gasteiger partial charge in [-0.2, -0.15) is 0 Å². The fourth-order valence-corrected chi connectivity index (χ4v) is 6.91. The molecule has 4 aromatic rings. The fourth-order valence-electron chi connectivity index (χ4n) is 6.78. The number of nitrogens with one attached hydrogen (secondary N) is 1. The number of carbonyl (C=O) groups is 3. The van der Waals surface area contributed by atoms with E-state index in [4.69, 9.17) is 20.8 Å². The molecule has 3 amide bonds. The van der Waals surface area contributed by atoms with Gasteiger partial charge in [-0.05, 0) is 85.0 Å². The predicted molar refractivity (Wildman–Crippen MR) is 189 cm³/mol. The van der Waals surface area contributed by atoms with Crippen LogP contribution < -0.4 is 15.5 Å². The molecule has 0 radical (unpaired) electrons. The van der Waals surface area contributed by atoms with E-state index >= 15 is 0 Å². The molecule has 0 unspecified atom stereocenters. The number of hydrogen-bond donors (Lipinski definition) is 1. The van der Waals surface area contributed by atoms with Gasteiger partial charge in [-0.1, -0.05) is 54.9 Å². The summed E-state index contributed by atoms with van der Waals surface area (Å²) in [5.74, 6) is 0.00466. The maximum absolute atomic E-state index is 14.1. The second-order valence-corrected chi connectivity index (χ2v) is 13.3. The summed E-state index contributed by atoms with van der Waals surface area (Å²) in [5.41, 5.74) is 3.11. The lowest BCUT2D eigenvalue weighted by Crippen LogP contribution is -2.51. The van der Waals surface area contributed by atoms with E-state index in [1.54, 1.807) is 30.3 Å². The Morgan fingerprint density at radius 2 is 1.76 bits per heavy atom. The Hall–Kier alpha value is -4.63. The van der Waals surface area contributed by atoms with Crippen LogP contribution in [0.15, 0.2) is 82.0 Å². The summed E-state index contributed by atoms with van der Waals surface area (Å²) in [6.45, 7) is 4.98. The highest BCUT2D eigenvalue weighted by Crippen LogP contribution is 2.32. The summed E-state index contributed by atoms with van der Waals surface area (Å²) in [6.07, 6.45) is 5.20. The molecule has 256 valence electrons. The van der Waals surface area contributed by atoms with Crippen molar-refractivity contribution >= 4 is 40.3 Å². The Labute approximate surface area is 291 Å². The van der Waals surface area contributed by atoms with Crippen molar-refractivity contribution in [3.8, 4) is 5.75 Å². The molecule has 2 aliphatic heterocycles. The Balaban J connectivity index is 1.17. The predicted octanol–water partition coefficient (Wildman–Crippen LogP) is 6.50. The van der Waals surface area contributed by atoms with Gasteiger partial charge in [0.2, 0.25) is 11.8 Å².